The molecule has 2 aliphatic rings. The number of aliphatic hydroxyl groups is 1. The largest absolute Gasteiger partial charge is 0.448 e. The molecule has 4 rings (SSSR count). The first-order valence-corrected chi connectivity index (χ1v) is 9.67. The highest BCUT2D eigenvalue weighted by atomic mass is 16.6. The summed E-state index contributed by atoms with van der Waals surface area (Å²) in [7, 11) is 0. The molecule has 6 heteroatoms. The Morgan fingerprint density at radius 1 is 0.893 bits per heavy atom. The maximum Gasteiger partial charge on any atom is 0.409 e. The van der Waals surface area contributed by atoms with Crippen LogP contribution in [0.4, 0.5) is 4.79 Å². The van der Waals surface area contributed by atoms with Crippen molar-refractivity contribution in [2.45, 2.75) is 12.3 Å². The second-order valence-corrected chi connectivity index (χ2v) is 7.15. The number of fused-ring (bicyclic) bond motifs is 3. The van der Waals surface area contributed by atoms with E-state index in [1.165, 1.54) is 22.3 Å². The predicted molar refractivity (Wildman–Crippen MR) is 105 cm³/mol. The van der Waals surface area contributed by atoms with E-state index >= 15 is 0 Å². The molecule has 1 aliphatic carbocycles. The van der Waals surface area contributed by atoms with Crippen LogP contribution in [0.25, 0.3) is 11.1 Å². The number of hydrogen-bond donors (Lipinski definition) is 1. The first-order valence-electron chi connectivity index (χ1n) is 9.67. The molecule has 0 saturated carbocycles. The van der Waals surface area contributed by atoms with Gasteiger partial charge in [0.1, 0.15) is 6.61 Å². The van der Waals surface area contributed by atoms with Crippen LogP contribution < -0.4 is 0 Å². The SMILES string of the molecule is O=C(CCO)N1CCN(C(=O)OCC2c3ccccc3-c3ccccc32)CC1. The van der Waals surface area contributed by atoms with E-state index in [0.29, 0.717) is 32.8 Å². The molecule has 1 heterocycles. The quantitative estimate of drug-likeness (QED) is 0.885. The van der Waals surface area contributed by atoms with Crippen molar-refractivity contribution in [2.24, 2.45) is 0 Å². The summed E-state index contributed by atoms with van der Waals surface area (Å²) in [6, 6.07) is 16.5. The molecule has 0 radical (unpaired) electrons. The Hall–Kier alpha value is -2.86. The molecule has 0 spiro atoms. The van der Waals surface area contributed by atoms with Crippen molar-refractivity contribution < 1.29 is 19.4 Å². The van der Waals surface area contributed by atoms with E-state index in [4.69, 9.17) is 9.84 Å². The topological polar surface area (TPSA) is 70.1 Å². The van der Waals surface area contributed by atoms with E-state index in [2.05, 4.69) is 24.3 Å². The van der Waals surface area contributed by atoms with Gasteiger partial charge < -0.3 is 19.6 Å². The van der Waals surface area contributed by atoms with Crippen molar-refractivity contribution in [3.8, 4) is 11.1 Å². The van der Waals surface area contributed by atoms with Gasteiger partial charge in [-0.25, -0.2) is 4.79 Å². The number of carbonyl (C=O) groups is 2. The van der Waals surface area contributed by atoms with Crippen molar-refractivity contribution in [2.75, 3.05) is 39.4 Å². The van der Waals surface area contributed by atoms with E-state index in [0.717, 1.165) is 0 Å². The standard InChI is InChI=1S/C22H24N2O4/c25-14-9-21(26)23-10-12-24(13-11-23)22(27)28-15-20-18-7-3-1-5-16(18)17-6-2-4-8-19(17)20/h1-8,20,25H,9-15H2. The number of hydrogen-bond acceptors (Lipinski definition) is 4. The van der Waals surface area contributed by atoms with Gasteiger partial charge in [0.15, 0.2) is 0 Å². The summed E-state index contributed by atoms with van der Waals surface area (Å²) in [4.78, 5) is 27.7. The van der Waals surface area contributed by atoms with Crippen LogP contribution in [0.1, 0.15) is 23.5 Å². The van der Waals surface area contributed by atoms with E-state index in [-0.39, 0.29) is 30.9 Å². The van der Waals surface area contributed by atoms with Gasteiger partial charge in [-0.1, -0.05) is 48.5 Å². The van der Waals surface area contributed by atoms with Gasteiger partial charge in [-0.2, -0.15) is 0 Å². The zero-order valence-electron chi connectivity index (χ0n) is 15.7. The van der Waals surface area contributed by atoms with Gasteiger partial charge in [0.25, 0.3) is 0 Å². The molecule has 2 aromatic carbocycles. The van der Waals surface area contributed by atoms with E-state index in [1.54, 1.807) is 9.80 Å². The fourth-order valence-electron chi connectivity index (χ4n) is 4.08. The molecule has 1 N–H and O–H groups in total. The van der Waals surface area contributed by atoms with Crippen molar-refractivity contribution in [3.05, 3.63) is 59.7 Å². The van der Waals surface area contributed by atoms with Crippen molar-refractivity contribution in [1.29, 1.82) is 0 Å². The minimum Gasteiger partial charge on any atom is -0.448 e. The van der Waals surface area contributed by atoms with Gasteiger partial charge in [-0.05, 0) is 22.3 Å². The van der Waals surface area contributed by atoms with Crippen LogP contribution in [-0.4, -0.2) is 66.3 Å². The van der Waals surface area contributed by atoms with Crippen molar-refractivity contribution >= 4 is 12.0 Å². The third-order valence-electron chi connectivity index (χ3n) is 5.55. The van der Waals surface area contributed by atoms with Crippen LogP contribution in [0.15, 0.2) is 48.5 Å². The van der Waals surface area contributed by atoms with E-state index in [1.807, 2.05) is 24.3 Å². The Morgan fingerprint density at radius 3 is 2.00 bits per heavy atom. The van der Waals surface area contributed by atoms with E-state index in [9.17, 15) is 9.59 Å². The molecule has 0 atom stereocenters. The summed E-state index contributed by atoms with van der Waals surface area (Å²) in [5.41, 5.74) is 4.79. The number of carbonyl (C=O) groups excluding carboxylic acids is 2. The fraction of sp³-hybridized carbons (Fsp3) is 0.364. The number of rotatable bonds is 4. The molecule has 1 fully saturated rings. The summed E-state index contributed by atoms with van der Waals surface area (Å²) < 4.78 is 5.67. The molecular formula is C22H24N2O4. The maximum atomic E-state index is 12.5. The average Bonchev–Trinajstić information content (AvgIpc) is 3.06. The molecule has 2 amide bonds. The molecule has 6 nitrogen and oxygen atoms in total. The Bertz CT molecular complexity index is 829. The minimum absolute atomic E-state index is 0.0452. The number of ether oxygens (including phenoxy) is 1. The molecule has 0 aromatic heterocycles. The number of amides is 2. The average molecular weight is 380 g/mol. The lowest BCUT2D eigenvalue weighted by molar-refractivity contribution is -0.133. The number of benzene rings is 2. The van der Waals surface area contributed by atoms with Gasteiger partial charge >= 0.3 is 6.09 Å². The van der Waals surface area contributed by atoms with Gasteiger partial charge in [0.2, 0.25) is 5.91 Å². The minimum atomic E-state index is -0.337. The van der Waals surface area contributed by atoms with Crippen LogP contribution in [0.2, 0.25) is 0 Å². The number of aliphatic hydroxyl groups excluding tert-OH is 1. The monoisotopic (exact) mass is 380 g/mol. The molecule has 28 heavy (non-hydrogen) atoms. The second kappa shape index (κ2) is 8.02. The van der Waals surface area contributed by atoms with Gasteiger partial charge in [0, 0.05) is 38.5 Å². The first kappa shape index (κ1) is 18.5. The summed E-state index contributed by atoms with van der Waals surface area (Å²) in [6.07, 6.45) is -0.207. The number of nitrogens with zero attached hydrogens (tertiary/aromatic N) is 2. The van der Waals surface area contributed by atoms with Crippen LogP contribution in [0.5, 0.6) is 0 Å². The summed E-state index contributed by atoms with van der Waals surface area (Å²) in [5.74, 6) is -0.0292. The zero-order chi connectivity index (χ0) is 19.5. The molecule has 2 aromatic rings. The summed E-state index contributed by atoms with van der Waals surface area (Å²) >= 11 is 0. The lowest BCUT2D eigenvalue weighted by atomic mass is 9.98. The molecule has 0 unspecified atom stereocenters. The number of piperazine rings is 1. The second-order valence-electron chi connectivity index (χ2n) is 7.15. The van der Waals surface area contributed by atoms with Gasteiger partial charge in [-0.15, -0.1) is 0 Å². The van der Waals surface area contributed by atoms with Gasteiger partial charge in [0.05, 0.1) is 6.61 Å². The smallest absolute Gasteiger partial charge is 0.409 e. The van der Waals surface area contributed by atoms with Crippen LogP contribution >= 0.6 is 0 Å². The first-order chi connectivity index (χ1) is 13.7. The van der Waals surface area contributed by atoms with Crippen molar-refractivity contribution in [1.82, 2.24) is 9.80 Å². The molecule has 0 bridgehead atoms. The Kier molecular flexibility index (Phi) is 5.30. The highest BCUT2D eigenvalue weighted by molar-refractivity contribution is 5.79. The fourth-order valence-corrected chi connectivity index (χ4v) is 4.08. The lowest BCUT2D eigenvalue weighted by Crippen LogP contribution is -2.51. The highest BCUT2D eigenvalue weighted by Crippen LogP contribution is 2.44. The zero-order valence-corrected chi connectivity index (χ0v) is 15.7. The summed E-state index contributed by atoms with van der Waals surface area (Å²) in [5, 5.41) is 8.89. The lowest BCUT2D eigenvalue weighted by Gasteiger charge is -2.34. The molecule has 1 aliphatic heterocycles. The Labute approximate surface area is 164 Å². The predicted octanol–water partition coefficient (Wildman–Crippen LogP) is 2.46. The van der Waals surface area contributed by atoms with Crippen LogP contribution in [-0.2, 0) is 9.53 Å². The molecule has 146 valence electrons. The third kappa shape index (κ3) is 3.47. The molecule has 1 saturated heterocycles. The van der Waals surface area contributed by atoms with E-state index < -0.39 is 0 Å². The van der Waals surface area contributed by atoms with Crippen LogP contribution in [0.3, 0.4) is 0 Å². The normalized spacial score (nSPS) is 15.9. The van der Waals surface area contributed by atoms with Gasteiger partial charge in [-0.3, -0.25) is 4.79 Å². The Balaban J connectivity index is 1.38. The Morgan fingerprint density at radius 2 is 1.43 bits per heavy atom. The van der Waals surface area contributed by atoms with Crippen LogP contribution in [0, 0.1) is 0 Å². The third-order valence-corrected chi connectivity index (χ3v) is 5.55. The maximum absolute atomic E-state index is 12.5. The summed E-state index contributed by atoms with van der Waals surface area (Å²) in [6.45, 7) is 2.01. The molecular weight excluding hydrogens is 356 g/mol. The van der Waals surface area contributed by atoms with Crippen molar-refractivity contribution in [3.63, 3.8) is 0 Å². The highest BCUT2D eigenvalue weighted by Gasteiger charge is 2.30.